The van der Waals surface area contributed by atoms with Gasteiger partial charge in [-0.3, -0.25) is 0 Å². The monoisotopic (exact) mass is 398 g/mol. The minimum atomic E-state index is -0.567. The summed E-state index contributed by atoms with van der Waals surface area (Å²) in [7, 11) is -1.13. The van der Waals surface area contributed by atoms with Gasteiger partial charge in [0.1, 0.15) is 0 Å². The van der Waals surface area contributed by atoms with Crippen molar-refractivity contribution in [3.63, 3.8) is 0 Å². The highest BCUT2D eigenvalue weighted by Gasteiger charge is 2.02. The number of hydrogen-bond acceptors (Lipinski definition) is 2. The second-order valence-corrected chi connectivity index (χ2v) is 8.90. The topological polar surface area (TPSA) is 24.1 Å². The highest BCUT2D eigenvalue weighted by atomic mass is 35.6. The molecule has 2 atom stereocenters. The molecule has 2 unspecified atom stereocenters. The Hall–Kier alpha value is -0.626. The van der Waals surface area contributed by atoms with E-state index in [2.05, 4.69) is 86.2 Å². The summed E-state index contributed by atoms with van der Waals surface area (Å²) >= 11 is 11.4. The Kier molecular flexibility index (Phi) is 10.6. The van der Waals surface area contributed by atoms with E-state index in [4.69, 9.17) is 22.2 Å². The van der Waals surface area contributed by atoms with Gasteiger partial charge in [-0.25, -0.2) is 0 Å². The van der Waals surface area contributed by atoms with Crippen molar-refractivity contribution in [1.29, 1.82) is 0 Å². The van der Waals surface area contributed by atoms with E-state index in [0.29, 0.717) is 12.1 Å². The first-order valence-corrected chi connectivity index (χ1v) is 13.9. The average Bonchev–Trinajstić information content (AvgIpc) is 2.56. The molecular weight excluding hydrogens is 371 g/mol. The van der Waals surface area contributed by atoms with Crippen LogP contribution in [0.15, 0.2) is 48.5 Å². The molecule has 2 rings (SSSR count). The van der Waals surface area contributed by atoms with E-state index in [9.17, 15) is 0 Å². The lowest BCUT2D eigenvalue weighted by Crippen LogP contribution is -2.19. The Morgan fingerprint density at radius 1 is 0.750 bits per heavy atom. The Labute approximate surface area is 160 Å². The Morgan fingerprint density at radius 3 is 1.79 bits per heavy atom. The van der Waals surface area contributed by atoms with Gasteiger partial charge in [0.05, 0.1) is 0 Å². The lowest BCUT2D eigenvalue weighted by Gasteiger charge is -2.11. The van der Waals surface area contributed by atoms with Gasteiger partial charge in [0.15, 0.2) is 18.0 Å². The first kappa shape index (κ1) is 21.4. The molecule has 2 N–H and O–H groups in total. The molecule has 2 aromatic rings. The molecule has 0 aromatic heterocycles. The van der Waals surface area contributed by atoms with Crippen LogP contribution in [0.4, 0.5) is 0 Å². The zero-order valence-electron chi connectivity index (χ0n) is 14.9. The van der Waals surface area contributed by atoms with Gasteiger partial charge < -0.3 is 9.96 Å². The molecule has 0 radical (unpaired) electrons. The van der Waals surface area contributed by atoms with Gasteiger partial charge >= 0.3 is 0 Å². The fraction of sp³-hybridized carbons (Fsp3) is 0.333. The van der Waals surface area contributed by atoms with E-state index in [-0.39, 0.29) is 0 Å². The van der Waals surface area contributed by atoms with Crippen LogP contribution in [-0.2, 0) is 0 Å². The van der Waals surface area contributed by atoms with Crippen molar-refractivity contribution in [2.24, 2.45) is 0 Å². The van der Waals surface area contributed by atoms with Crippen molar-refractivity contribution in [2.45, 2.75) is 39.8 Å². The second kappa shape index (κ2) is 11.8. The highest BCUT2D eigenvalue weighted by Crippen LogP contribution is 2.13. The largest absolute Gasteiger partial charge is 0.324 e. The third-order valence-corrected chi connectivity index (χ3v) is 6.35. The smallest absolute Gasteiger partial charge is 0.195 e. The molecule has 24 heavy (non-hydrogen) atoms. The van der Waals surface area contributed by atoms with Crippen LogP contribution in [0.25, 0.3) is 0 Å². The molecular formula is C18H28Cl2N2Si2. The van der Waals surface area contributed by atoms with Gasteiger partial charge in [-0.05, 0) is 38.8 Å². The molecule has 0 saturated carbocycles. The van der Waals surface area contributed by atoms with E-state index in [0.717, 1.165) is 0 Å². The van der Waals surface area contributed by atoms with Crippen molar-refractivity contribution in [3.8, 4) is 0 Å². The van der Waals surface area contributed by atoms with Gasteiger partial charge in [-0.1, -0.05) is 59.7 Å². The molecule has 0 bridgehead atoms. The zero-order chi connectivity index (χ0) is 17.9. The average molecular weight is 400 g/mol. The van der Waals surface area contributed by atoms with E-state index in [1.807, 2.05) is 0 Å². The van der Waals surface area contributed by atoms with Crippen LogP contribution < -0.4 is 9.96 Å². The van der Waals surface area contributed by atoms with Crippen molar-refractivity contribution >= 4 is 40.1 Å². The standard InChI is InChI=1S/2C9H14ClNSi/c1-7-3-5-9(6-4-7)8(2)11-12-10;1-7-4-3-5-9(6-7)8(2)11-12-10/h2*3-6,8,11H,12H2,1-2H3. The predicted octanol–water partition coefficient (Wildman–Crippen LogP) is 3.77. The summed E-state index contributed by atoms with van der Waals surface area (Å²) in [6, 6.07) is 17.9. The molecule has 132 valence electrons. The summed E-state index contributed by atoms with van der Waals surface area (Å²) < 4.78 is 0. The number of hydrogen-bond donors (Lipinski definition) is 2. The Balaban J connectivity index is 0.000000240. The molecule has 0 amide bonds. The predicted molar refractivity (Wildman–Crippen MR) is 114 cm³/mol. The van der Waals surface area contributed by atoms with Gasteiger partial charge in [-0.2, -0.15) is 22.2 Å². The summed E-state index contributed by atoms with van der Waals surface area (Å²) in [5, 5.41) is 0. The summed E-state index contributed by atoms with van der Waals surface area (Å²) in [5.41, 5.74) is 5.24. The Morgan fingerprint density at radius 2 is 1.29 bits per heavy atom. The Bertz CT molecular complexity index is 594. The fourth-order valence-corrected chi connectivity index (χ4v) is 4.58. The lowest BCUT2D eigenvalue weighted by atomic mass is 10.1. The maximum atomic E-state index is 5.71. The van der Waals surface area contributed by atoms with Crippen molar-refractivity contribution in [3.05, 3.63) is 70.8 Å². The second-order valence-electron chi connectivity index (χ2n) is 5.94. The maximum absolute atomic E-state index is 5.71. The first-order chi connectivity index (χ1) is 11.5. The SMILES string of the molecule is Cc1ccc(C(C)N[SiH2]Cl)cc1.Cc1cccc(C(C)N[SiH2]Cl)c1. The first-order valence-electron chi connectivity index (χ1n) is 8.19. The van der Waals surface area contributed by atoms with E-state index in [1.54, 1.807) is 0 Å². The van der Waals surface area contributed by atoms with Crippen molar-refractivity contribution in [2.75, 3.05) is 0 Å². The molecule has 0 aliphatic heterocycles. The summed E-state index contributed by atoms with van der Waals surface area (Å²) in [4.78, 5) is 6.58. The number of halogens is 2. The van der Waals surface area contributed by atoms with Crippen LogP contribution in [0.2, 0.25) is 0 Å². The van der Waals surface area contributed by atoms with E-state index >= 15 is 0 Å². The van der Waals surface area contributed by atoms with Crippen LogP contribution in [-0.4, -0.2) is 18.0 Å². The molecule has 0 heterocycles. The highest BCUT2D eigenvalue weighted by molar-refractivity contribution is 6.92. The molecule has 2 nitrogen and oxygen atoms in total. The number of benzene rings is 2. The van der Waals surface area contributed by atoms with Crippen molar-refractivity contribution < 1.29 is 0 Å². The molecule has 0 saturated heterocycles. The number of nitrogens with one attached hydrogen (secondary N) is 2. The maximum Gasteiger partial charge on any atom is 0.195 e. The summed E-state index contributed by atoms with van der Waals surface area (Å²) in [5.74, 6) is 0. The van der Waals surface area contributed by atoms with Gasteiger partial charge in [0, 0.05) is 12.1 Å². The normalized spacial score (nSPS) is 13.9. The number of aryl methyl sites for hydroxylation is 2. The quantitative estimate of drug-likeness (QED) is 0.571. The van der Waals surface area contributed by atoms with Gasteiger partial charge in [0.2, 0.25) is 0 Å². The van der Waals surface area contributed by atoms with Crippen LogP contribution in [0.5, 0.6) is 0 Å². The van der Waals surface area contributed by atoms with Gasteiger partial charge in [-0.15, -0.1) is 0 Å². The minimum absolute atomic E-state index is 0.397. The number of rotatable bonds is 6. The van der Waals surface area contributed by atoms with E-state index in [1.165, 1.54) is 22.3 Å². The van der Waals surface area contributed by atoms with Crippen LogP contribution in [0.1, 0.15) is 48.2 Å². The van der Waals surface area contributed by atoms with Crippen LogP contribution in [0, 0.1) is 13.8 Å². The van der Waals surface area contributed by atoms with Crippen LogP contribution in [0.3, 0.4) is 0 Å². The third-order valence-electron chi connectivity index (χ3n) is 3.89. The minimum Gasteiger partial charge on any atom is -0.324 e. The van der Waals surface area contributed by atoms with E-state index < -0.39 is 18.0 Å². The van der Waals surface area contributed by atoms with Crippen LogP contribution >= 0.6 is 22.2 Å². The summed E-state index contributed by atoms with van der Waals surface area (Å²) in [6.45, 7) is 8.48. The molecule has 2 aromatic carbocycles. The fourth-order valence-electron chi connectivity index (χ4n) is 2.26. The van der Waals surface area contributed by atoms with Gasteiger partial charge in [0.25, 0.3) is 0 Å². The molecule has 0 fully saturated rings. The summed E-state index contributed by atoms with van der Waals surface area (Å²) in [6.07, 6.45) is 0. The molecule has 0 aliphatic rings. The molecule has 0 spiro atoms. The molecule has 6 heteroatoms. The molecule has 0 aliphatic carbocycles. The van der Waals surface area contributed by atoms with Crippen molar-refractivity contribution in [1.82, 2.24) is 9.96 Å². The third kappa shape index (κ3) is 7.97. The zero-order valence-corrected chi connectivity index (χ0v) is 19.3. The lowest BCUT2D eigenvalue weighted by molar-refractivity contribution is 0.741.